The molecule has 20 heavy (non-hydrogen) atoms. The Labute approximate surface area is 125 Å². The third-order valence-electron chi connectivity index (χ3n) is 4.14. The summed E-state index contributed by atoms with van der Waals surface area (Å²) in [5.41, 5.74) is 3.05. The molecule has 2 heteroatoms. The Hall–Kier alpha value is -1.12. The lowest BCUT2D eigenvalue weighted by molar-refractivity contribution is 0.347. The number of nitrogens with zero attached hydrogens (tertiary/aromatic N) is 1. The molecule has 1 aromatic heterocycles. The van der Waals surface area contributed by atoms with Crippen molar-refractivity contribution in [3.05, 3.63) is 40.8 Å². The zero-order valence-corrected chi connectivity index (χ0v) is 13.5. The van der Waals surface area contributed by atoms with E-state index in [1.54, 1.807) is 5.57 Å². The molecule has 0 fully saturated rings. The summed E-state index contributed by atoms with van der Waals surface area (Å²) in [6, 6.07) is 9.14. The van der Waals surface area contributed by atoms with Gasteiger partial charge in [-0.2, -0.15) is 0 Å². The molecule has 0 spiro atoms. The maximum absolute atomic E-state index is 2.49. The summed E-state index contributed by atoms with van der Waals surface area (Å²) in [6.45, 7) is 3.37. The molecule has 106 valence electrons. The highest BCUT2D eigenvalue weighted by Crippen LogP contribution is 2.38. The van der Waals surface area contributed by atoms with Crippen molar-refractivity contribution < 1.29 is 0 Å². The summed E-state index contributed by atoms with van der Waals surface area (Å²) < 4.78 is 1.43. The van der Waals surface area contributed by atoms with Gasteiger partial charge in [0.25, 0.3) is 0 Å². The van der Waals surface area contributed by atoms with Gasteiger partial charge in [-0.3, -0.25) is 0 Å². The van der Waals surface area contributed by atoms with Gasteiger partial charge in [-0.25, -0.2) is 0 Å². The molecule has 1 aromatic carbocycles. The van der Waals surface area contributed by atoms with Gasteiger partial charge in [0.2, 0.25) is 0 Å². The van der Waals surface area contributed by atoms with Gasteiger partial charge < -0.3 is 4.90 Å². The topological polar surface area (TPSA) is 3.24 Å². The van der Waals surface area contributed by atoms with E-state index in [0.29, 0.717) is 5.92 Å². The molecule has 0 bridgehead atoms. The molecular weight excluding hydrogens is 262 g/mol. The summed E-state index contributed by atoms with van der Waals surface area (Å²) in [5, 5.41) is 1.45. The van der Waals surface area contributed by atoms with E-state index >= 15 is 0 Å². The molecule has 0 amide bonds. The maximum Gasteiger partial charge on any atom is 0.0351 e. The minimum atomic E-state index is 0.685. The first kappa shape index (κ1) is 13.8. The molecule has 0 saturated carbocycles. The van der Waals surface area contributed by atoms with Crippen LogP contribution in [-0.4, -0.2) is 25.5 Å². The molecule has 1 aliphatic rings. The van der Waals surface area contributed by atoms with Crippen molar-refractivity contribution in [2.45, 2.75) is 26.2 Å². The van der Waals surface area contributed by atoms with E-state index in [1.807, 2.05) is 11.3 Å². The van der Waals surface area contributed by atoms with Crippen LogP contribution in [0.15, 0.2) is 30.3 Å². The second-order valence-corrected chi connectivity index (χ2v) is 7.41. The van der Waals surface area contributed by atoms with E-state index in [2.05, 4.69) is 56.3 Å². The van der Waals surface area contributed by atoms with E-state index < -0.39 is 0 Å². The van der Waals surface area contributed by atoms with E-state index in [-0.39, 0.29) is 0 Å². The number of allylic oxidation sites excluding steroid dienone is 1. The highest BCUT2D eigenvalue weighted by molar-refractivity contribution is 7.19. The molecule has 1 atom stereocenters. The third-order valence-corrected chi connectivity index (χ3v) is 5.16. The fourth-order valence-corrected chi connectivity index (χ4v) is 4.29. The zero-order chi connectivity index (χ0) is 14.1. The van der Waals surface area contributed by atoms with Gasteiger partial charge in [-0.15, -0.1) is 11.3 Å². The number of fused-ring (bicyclic) bond motifs is 1. The second kappa shape index (κ2) is 5.71. The van der Waals surface area contributed by atoms with Gasteiger partial charge in [0, 0.05) is 21.5 Å². The fourth-order valence-electron chi connectivity index (χ4n) is 3.34. The number of hydrogen-bond donors (Lipinski definition) is 0. The average molecular weight is 285 g/mol. The number of rotatable bonds is 3. The standard InChI is InChI=1S/C18H23NS/c1-13-11-17-16(9-6-10-18(17)20-13)15-8-5-4-7-14(15)12-19(2)3/h6,8-11,14H,4-5,7,12H2,1-3H3. The van der Waals surface area contributed by atoms with Crippen molar-refractivity contribution in [2.75, 3.05) is 20.6 Å². The highest BCUT2D eigenvalue weighted by Gasteiger charge is 2.21. The predicted octanol–water partition coefficient (Wildman–Crippen LogP) is 4.95. The van der Waals surface area contributed by atoms with E-state index in [4.69, 9.17) is 0 Å². The van der Waals surface area contributed by atoms with E-state index in [9.17, 15) is 0 Å². The Morgan fingerprint density at radius 3 is 2.95 bits per heavy atom. The zero-order valence-electron chi connectivity index (χ0n) is 12.6. The molecule has 0 N–H and O–H groups in total. The van der Waals surface area contributed by atoms with Crippen molar-refractivity contribution in [1.82, 2.24) is 4.90 Å². The van der Waals surface area contributed by atoms with Crippen LogP contribution in [0.2, 0.25) is 0 Å². The first-order valence-corrected chi connectivity index (χ1v) is 8.31. The fraction of sp³-hybridized carbons (Fsp3) is 0.444. The number of aryl methyl sites for hydroxylation is 1. The molecule has 0 saturated heterocycles. The lowest BCUT2D eigenvalue weighted by atomic mass is 9.82. The molecule has 1 unspecified atom stereocenters. The number of thiophene rings is 1. The van der Waals surface area contributed by atoms with Gasteiger partial charge in [0.05, 0.1) is 0 Å². The van der Waals surface area contributed by atoms with Crippen LogP contribution in [-0.2, 0) is 0 Å². The minimum absolute atomic E-state index is 0.685. The van der Waals surface area contributed by atoms with Gasteiger partial charge in [0.15, 0.2) is 0 Å². The molecule has 1 heterocycles. The van der Waals surface area contributed by atoms with Crippen molar-refractivity contribution >= 4 is 27.0 Å². The Bertz CT molecular complexity index is 636. The predicted molar refractivity (Wildman–Crippen MR) is 90.4 cm³/mol. The van der Waals surface area contributed by atoms with Gasteiger partial charge >= 0.3 is 0 Å². The lowest BCUT2D eigenvalue weighted by Gasteiger charge is -2.27. The normalized spacial score (nSPS) is 19.6. The van der Waals surface area contributed by atoms with Crippen molar-refractivity contribution in [3.8, 4) is 0 Å². The van der Waals surface area contributed by atoms with Crippen LogP contribution >= 0.6 is 11.3 Å². The first-order chi connectivity index (χ1) is 9.65. The van der Waals surface area contributed by atoms with Crippen LogP contribution in [0.1, 0.15) is 29.7 Å². The van der Waals surface area contributed by atoms with Crippen molar-refractivity contribution in [3.63, 3.8) is 0 Å². The summed E-state index contributed by atoms with van der Waals surface area (Å²) in [5.74, 6) is 0.685. The molecule has 0 aliphatic heterocycles. The SMILES string of the molecule is Cc1cc2c(C3=CCCCC3CN(C)C)cccc2s1. The summed E-state index contributed by atoms with van der Waals surface area (Å²) in [7, 11) is 4.36. The molecule has 3 rings (SSSR count). The van der Waals surface area contributed by atoms with Gasteiger partial charge in [-0.1, -0.05) is 18.2 Å². The van der Waals surface area contributed by atoms with Crippen LogP contribution in [0.4, 0.5) is 0 Å². The van der Waals surface area contributed by atoms with Gasteiger partial charge in [0.1, 0.15) is 0 Å². The van der Waals surface area contributed by atoms with E-state index in [1.165, 1.54) is 39.8 Å². The van der Waals surface area contributed by atoms with Crippen LogP contribution in [0.25, 0.3) is 15.7 Å². The Balaban J connectivity index is 2.06. The van der Waals surface area contributed by atoms with Crippen LogP contribution in [0.3, 0.4) is 0 Å². The van der Waals surface area contributed by atoms with Crippen LogP contribution < -0.4 is 0 Å². The molecule has 1 nitrogen and oxygen atoms in total. The Morgan fingerprint density at radius 2 is 2.15 bits per heavy atom. The number of hydrogen-bond acceptors (Lipinski definition) is 2. The summed E-state index contributed by atoms with van der Waals surface area (Å²) in [6.07, 6.45) is 6.38. The maximum atomic E-state index is 2.49. The van der Waals surface area contributed by atoms with Crippen molar-refractivity contribution in [2.24, 2.45) is 5.92 Å². The molecule has 0 radical (unpaired) electrons. The Kier molecular flexibility index (Phi) is 3.95. The quantitative estimate of drug-likeness (QED) is 0.771. The van der Waals surface area contributed by atoms with Crippen LogP contribution in [0, 0.1) is 12.8 Å². The third kappa shape index (κ3) is 2.68. The largest absolute Gasteiger partial charge is 0.309 e. The summed E-state index contributed by atoms with van der Waals surface area (Å²) in [4.78, 5) is 3.73. The smallest absolute Gasteiger partial charge is 0.0351 e. The highest BCUT2D eigenvalue weighted by atomic mass is 32.1. The van der Waals surface area contributed by atoms with E-state index in [0.717, 1.165) is 6.54 Å². The second-order valence-electron chi connectivity index (χ2n) is 6.12. The summed E-state index contributed by atoms with van der Waals surface area (Å²) >= 11 is 1.91. The minimum Gasteiger partial charge on any atom is -0.309 e. The molecule has 1 aliphatic carbocycles. The lowest BCUT2D eigenvalue weighted by Crippen LogP contribution is -2.24. The first-order valence-electron chi connectivity index (χ1n) is 7.49. The molecule has 2 aromatic rings. The molecular formula is C18H23NS. The van der Waals surface area contributed by atoms with Gasteiger partial charge in [-0.05, 0) is 69.5 Å². The number of benzene rings is 1. The van der Waals surface area contributed by atoms with Crippen LogP contribution in [0.5, 0.6) is 0 Å². The monoisotopic (exact) mass is 285 g/mol. The van der Waals surface area contributed by atoms with Crippen molar-refractivity contribution in [1.29, 1.82) is 0 Å². The Morgan fingerprint density at radius 1 is 1.30 bits per heavy atom. The average Bonchev–Trinajstić information content (AvgIpc) is 2.79.